The summed E-state index contributed by atoms with van der Waals surface area (Å²) in [5.41, 5.74) is 3.79. The van der Waals surface area contributed by atoms with Gasteiger partial charge in [0, 0.05) is 36.1 Å². The molecule has 1 aliphatic heterocycles. The summed E-state index contributed by atoms with van der Waals surface area (Å²) in [6.45, 7) is 7.03. The summed E-state index contributed by atoms with van der Waals surface area (Å²) in [6.07, 6.45) is 0.802. The molecule has 0 saturated carbocycles. The van der Waals surface area contributed by atoms with Crippen LogP contribution in [0.5, 0.6) is 5.75 Å². The van der Waals surface area contributed by atoms with Crippen molar-refractivity contribution in [2.45, 2.75) is 39.2 Å². The first-order chi connectivity index (χ1) is 15.4. The lowest BCUT2D eigenvalue weighted by Crippen LogP contribution is -2.30. The number of aromatic nitrogens is 1. The van der Waals surface area contributed by atoms with E-state index in [9.17, 15) is 9.59 Å². The number of methoxy groups -OCH3 is 1. The normalized spacial score (nSPS) is 15.9. The highest BCUT2D eigenvalue weighted by atomic mass is 16.5. The second-order valence-electron chi connectivity index (χ2n) is 8.63. The average Bonchev–Trinajstić information content (AvgIpc) is 3.27. The Morgan fingerprint density at radius 2 is 1.91 bits per heavy atom. The number of rotatable bonds is 5. The van der Waals surface area contributed by atoms with Gasteiger partial charge in [-0.15, -0.1) is 0 Å². The third-order valence-electron chi connectivity index (χ3n) is 5.94. The molecule has 4 rings (SSSR count). The van der Waals surface area contributed by atoms with Crippen LogP contribution < -0.4 is 10.1 Å². The maximum Gasteiger partial charge on any atom is 0.257 e. The highest BCUT2D eigenvalue weighted by Crippen LogP contribution is 2.32. The van der Waals surface area contributed by atoms with E-state index in [-0.39, 0.29) is 23.8 Å². The first-order valence-corrected chi connectivity index (χ1v) is 11.0. The Morgan fingerprint density at radius 1 is 1.12 bits per heavy atom. The number of hydrogen-bond donors (Lipinski definition) is 1. The molecule has 1 N–H and O–H groups in total. The average molecular weight is 432 g/mol. The summed E-state index contributed by atoms with van der Waals surface area (Å²) >= 11 is 0. The third-order valence-corrected chi connectivity index (χ3v) is 5.94. The van der Waals surface area contributed by atoms with E-state index in [2.05, 4.69) is 5.32 Å². The van der Waals surface area contributed by atoms with Crippen molar-refractivity contribution in [3.05, 3.63) is 70.9 Å². The summed E-state index contributed by atoms with van der Waals surface area (Å²) in [6, 6.07) is 15.3. The number of likely N-dealkylation sites (tertiary alicyclic amines) is 1. The van der Waals surface area contributed by atoms with Crippen molar-refractivity contribution < 1.29 is 14.3 Å². The fraction of sp³-hybridized carbons (Fsp3) is 0.346. The molecule has 1 fully saturated rings. The molecule has 2 heterocycles. The van der Waals surface area contributed by atoms with Gasteiger partial charge < -0.3 is 15.0 Å². The summed E-state index contributed by atoms with van der Waals surface area (Å²) in [4.78, 5) is 32.8. The molecule has 32 heavy (non-hydrogen) atoms. The molecule has 0 unspecified atom stereocenters. The van der Waals surface area contributed by atoms with Crippen LogP contribution in [0.1, 0.15) is 58.2 Å². The first-order valence-electron chi connectivity index (χ1n) is 11.0. The van der Waals surface area contributed by atoms with Gasteiger partial charge in [-0.2, -0.15) is 0 Å². The number of nitrogens with zero attached hydrogens (tertiary/aromatic N) is 2. The van der Waals surface area contributed by atoms with Crippen molar-refractivity contribution in [1.82, 2.24) is 15.2 Å². The van der Waals surface area contributed by atoms with Gasteiger partial charge in [0.05, 0.1) is 23.8 Å². The lowest BCUT2D eigenvalue weighted by molar-refractivity contribution is 0.0786. The van der Waals surface area contributed by atoms with Crippen LogP contribution in [-0.4, -0.2) is 47.9 Å². The quantitative estimate of drug-likeness (QED) is 0.653. The largest absolute Gasteiger partial charge is 0.496 e. The van der Waals surface area contributed by atoms with Crippen molar-refractivity contribution in [3.8, 4) is 5.75 Å². The molecule has 2 amide bonds. The first kappa shape index (κ1) is 21.8. The lowest BCUT2D eigenvalue weighted by atomic mass is 9.99. The van der Waals surface area contributed by atoms with Crippen LogP contribution in [0.25, 0.3) is 10.9 Å². The number of hydrogen-bond acceptors (Lipinski definition) is 4. The standard InChI is InChI=1S/C26H29N3O3/c1-16(2)27-25(30)21-14-23(28-22-11-6-5-9-19(21)22)18-12-13-29(15-18)26(31)20-10-7-8-17(3)24(20)32-4/h5-11,14,16,18H,12-13,15H2,1-4H3,(H,27,30)/t18-/m0/s1. The van der Waals surface area contributed by atoms with Gasteiger partial charge in [0.2, 0.25) is 0 Å². The topological polar surface area (TPSA) is 71.5 Å². The molecule has 1 atom stereocenters. The fourth-order valence-corrected chi connectivity index (χ4v) is 4.38. The summed E-state index contributed by atoms with van der Waals surface area (Å²) < 4.78 is 5.49. The van der Waals surface area contributed by atoms with E-state index < -0.39 is 0 Å². The molecule has 0 spiro atoms. The maximum absolute atomic E-state index is 13.2. The van der Waals surface area contributed by atoms with Crippen LogP contribution in [0.2, 0.25) is 0 Å². The molecule has 6 nitrogen and oxygen atoms in total. The Kier molecular flexibility index (Phi) is 6.12. The van der Waals surface area contributed by atoms with E-state index in [0.29, 0.717) is 30.0 Å². The Bertz CT molecular complexity index is 1170. The number of para-hydroxylation sites is 2. The van der Waals surface area contributed by atoms with Crippen molar-refractivity contribution in [2.24, 2.45) is 0 Å². The van der Waals surface area contributed by atoms with Gasteiger partial charge in [-0.1, -0.05) is 30.3 Å². The number of amides is 2. The summed E-state index contributed by atoms with van der Waals surface area (Å²) in [7, 11) is 1.59. The zero-order valence-corrected chi connectivity index (χ0v) is 19.0. The smallest absolute Gasteiger partial charge is 0.257 e. The second kappa shape index (κ2) is 8.99. The molecule has 3 aromatic rings. The highest BCUT2D eigenvalue weighted by Gasteiger charge is 2.31. The third kappa shape index (κ3) is 4.17. The Labute approximate surface area is 188 Å². The minimum atomic E-state index is -0.102. The number of carbonyl (C=O) groups excluding carboxylic acids is 2. The van der Waals surface area contributed by atoms with Crippen LogP contribution in [0, 0.1) is 6.92 Å². The molecule has 2 aromatic carbocycles. The predicted molar refractivity (Wildman–Crippen MR) is 125 cm³/mol. The van der Waals surface area contributed by atoms with Gasteiger partial charge in [0.25, 0.3) is 11.8 Å². The second-order valence-corrected chi connectivity index (χ2v) is 8.63. The number of benzene rings is 2. The van der Waals surface area contributed by atoms with E-state index in [1.807, 2.05) is 74.2 Å². The maximum atomic E-state index is 13.2. The molecule has 0 aliphatic carbocycles. The number of ether oxygens (including phenoxy) is 1. The fourth-order valence-electron chi connectivity index (χ4n) is 4.38. The molecule has 1 saturated heterocycles. The van der Waals surface area contributed by atoms with E-state index >= 15 is 0 Å². The zero-order valence-electron chi connectivity index (χ0n) is 19.0. The van der Waals surface area contributed by atoms with Crippen molar-refractivity contribution >= 4 is 22.7 Å². The molecule has 6 heteroatoms. The number of carbonyl (C=O) groups is 2. The molecular weight excluding hydrogens is 402 g/mol. The van der Waals surface area contributed by atoms with Gasteiger partial charge >= 0.3 is 0 Å². The minimum absolute atomic E-state index is 0.0355. The van der Waals surface area contributed by atoms with Gasteiger partial charge in [0.1, 0.15) is 5.75 Å². The minimum Gasteiger partial charge on any atom is -0.496 e. The predicted octanol–water partition coefficient (Wildman–Crippen LogP) is 4.32. The van der Waals surface area contributed by atoms with E-state index in [0.717, 1.165) is 28.6 Å². The van der Waals surface area contributed by atoms with Gasteiger partial charge in [-0.25, -0.2) is 0 Å². The summed E-state index contributed by atoms with van der Waals surface area (Å²) in [5, 5.41) is 3.83. The van der Waals surface area contributed by atoms with Crippen LogP contribution in [0.15, 0.2) is 48.5 Å². The van der Waals surface area contributed by atoms with Gasteiger partial charge in [-0.3, -0.25) is 14.6 Å². The number of nitrogens with one attached hydrogen (secondary N) is 1. The Hall–Kier alpha value is -3.41. The van der Waals surface area contributed by atoms with Crippen LogP contribution in [-0.2, 0) is 0 Å². The van der Waals surface area contributed by atoms with Crippen LogP contribution >= 0.6 is 0 Å². The monoisotopic (exact) mass is 431 g/mol. The number of fused-ring (bicyclic) bond motifs is 1. The number of aryl methyl sites for hydroxylation is 1. The Morgan fingerprint density at radius 3 is 2.66 bits per heavy atom. The molecule has 166 valence electrons. The van der Waals surface area contributed by atoms with E-state index in [1.54, 1.807) is 7.11 Å². The van der Waals surface area contributed by atoms with Crippen LogP contribution in [0.4, 0.5) is 0 Å². The summed E-state index contributed by atoms with van der Waals surface area (Å²) in [5.74, 6) is 0.560. The lowest BCUT2D eigenvalue weighted by Gasteiger charge is -2.19. The van der Waals surface area contributed by atoms with Crippen molar-refractivity contribution in [1.29, 1.82) is 0 Å². The Balaban J connectivity index is 1.63. The number of pyridine rings is 1. The highest BCUT2D eigenvalue weighted by molar-refractivity contribution is 6.06. The zero-order chi connectivity index (χ0) is 22.8. The van der Waals surface area contributed by atoms with Crippen LogP contribution in [0.3, 0.4) is 0 Å². The molecule has 0 bridgehead atoms. The van der Waals surface area contributed by atoms with E-state index in [1.165, 1.54) is 0 Å². The molecule has 1 aromatic heterocycles. The molecule has 1 aliphatic rings. The molecular formula is C26H29N3O3. The van der Waals surface area contributed by atoms with Crippen molar-refractivity contribution in [2.75, 3.05) is 20.2 Å². The van der Waals surface area contributed by atoms with Gasteiger partial charge in [0.15, 0.2) is 0 Å². The van der Waals surface area contributed by atoms with Gasteiger partial charge in [-0.05, 0) is 51.0 Å². The van der Waals surface area contributed by atoms with E-state index in [4.69, 9.17) is 9.72 Å². The molecule has 0 radical (unpaired) electrons. The SMILES string of the molecule is COc1c(C)cccc1C(=O)N1CC[C@H](c2cc(C(=O)NC(C)C)c3ccccc3n2)C1. The van der Waals surface area contributed by atoms with Crippen molar-refractivity contribution in [3.63, 3.8) is 0 Å².